The fraction of sp³-hybridized carbons (Fsp3) is 0.385. The lowest BCUT2D eigenvalue weighted by molar-refractivity contribution is -0.122. The number of aromatic nitrogens is 1. The van der Waals surface area contributed by atoms with Crippen molar-refractivity contribution in [3.05, 3.63) is 30.0 Å². The molecule has 0 atom stereocenters. The van der Waals surface area contributed by atoms with Crippen LogP contribution in [0.4, 0.5) is 0 Å². The molecule has 0 fully saturated rings. The number of nitrogens with one attached hydrogen (secondary N) is 1. The summed E-state index contributed by atoms with van der Waals surface area (Å²) >= 11 is 0. The number of carbonyl (C=O) groups is 1. The number of nitrogens with zero attached hydrogens (tertiary/aromatic N) is 1. The summed E-state index contributed by atoms with van der Waals surface area (Å²) in [4.78, 5) is 11.9. The molecule has 1 amide bonds. The molecule has 0 saturated heterocycles. The van der Waals surface area contributed by atoms with Crippen LogP contribution in [0.3, 0.4) is 0 Å². The number of fused-ring (bicyclic) bond motifs is 1. The molecule has 104 valence electrons. The van der Waals surface area contributed by atoms with Gasteiger partial charge in [0.15, 0.2) is 5.58 Å². The van der Waals surface area contributed by atoms with E-state index in [1.54, 1.807) is 0 Å². The van der Waals surface area contributed by atoms with Crippen molar-refractivity contribution in [1.82, 2.24) is 10.5 Å². The zero-order valence-corrected chi connectivity index (χ0v) is 11.8. The molecule has 0 radical (unpaired) electrons. The summed E-state index contributed by atoms with van der Waals surface area (Å²) in [7, 11) is 0. The van der Waals surface area contributed by atoms with Crippen LogP contribution < -0.4 is 11.1 Å². The number of hydrogen-bond donors (Lipinski definition) is 2. The summed E-state index contributed by atoms with van der Waals surface area (Å²) in [5, 5.41) is 7.66. The Morgan fingerprint density at radius 2 is 2.11 bits per heavy atom. The molecule has 0 aliphatic carbocycles. The molecule has 5 nitrogen and oxygen atoms in total. The van der Waals surface area contributed by atoms with E-state index in [2.05, 4.69) is 10.5 Å². The van der Waals surface area contributed by atoms with E-state index in [0.29, 0.717) is 17.8 Å². The molecule has 1 heterocycles. The van der Waals surface area contributed by atoms with Crippen molar-refractivity contribution < 1.29 is 9.32 Å². The molecule has 0 aliphatic heterocycles. The Morgan fingerprint density at radius 3 is 2.79 bits per heavy atom. The van der Waals surface area contributed by atoms with Gasteiger partial charge in [-0.1, -0.05) is 17.3 Å². The quantitative estimate of drug-likeness (QED) is 0.894. The van der Waals surface area contributed by atoms with Gasteiger partial charge in [0, 0.05) is 17.5 Å². The van der Waals surface area contributed by atoms with Crippen LogP contribution in [-0.4, -0.2) is 23.1 Å². The van der Waals surface area contributed by atoms with Gasteiger partial charge in [-0.05, 0) is 26.0 Å². The molecule has 1 aromatic heterocycles. The van der Waals surface area contributed by atoms with E-state index in [9.17, 15) is 4.79 Å². The van der Waals surface area contributed by atoms with Crippen molar-refractivity contribution in [1.29, 1.82) is 0 Å². The minimum absolute atomic E-state index is 0. The average molecular weight is 284 g/mol. The predicted octanol–water partition coefficient (Wildman–Crippen LogP) is 1.65. The molecule has 0 unspecified atom stereocenters. The molecule has 2 aromatic rings. The molecule has 0 bridgehead atoms. The third-order valence-electron chi connectivity index (χ3n) is 2.77. The topological polar surface area (TPSA) is 81.1 Å². The third kappa shape index (κ3) is 3.68. The van der Waals surface area contributed by atoms with Gasteiger partial charge in [0.2, 0.25) is 5.91 Å². The zero-order chi connectivity index (χ0) is 13.2. The maximum absolute atomic E-state index is 11.9. The minimum Gasteiger partial charge on any atom is -0.356 e. The molecule has 2 rings (SSSR count). The van der Waals surface area contributed by atoms with Gasteiger partial charge in [-0.15, -0.1) is 12.4 Å². The first-order valence-corrected chi connectivity index (χ1v) is 5.86. The van der Waals surface area contributed by atoms with E-state index in [4.69, 9.17) is 10.3 Å². The van der Waals surface area contributed by atoms with Crippen LogP contribution in [0.15, 0.2) is 28.8 Å². The van der Waals surface area contributed by atoms with Crippen molar-refractivity contribution in [3.8, 4) is 0 Å². The monoisotopic (exact) mass is 283 g/mol. The van der Waals surface area contributed by atoms with Gasteiger partial charge in [0.25, 0.3) is 0 Å². The number of benzene rings is 1. The van der Waals surface area contributed by atoms with Crippen molar-refractivity contribution in [2.24, 2.45) is 5.73 Å². The molecule has 0 spiro atoms. The van der Waals surface area contributed by atoms with Crippen molar-refractivity contribution >= 4 is 29.3 Å². The van der Waals surface area contributed by atoms with E-state index >= 15 is 0 Å². The maximum Gasteiger partial charge on any atom is 0.226 e. The van der Waals surface area contributed by atoms with Crippen LogP contribution >= 0.6 is 12.4 Å². The number of rotatable bonds is 4. The van der Waals surface area contributed by atoms with Gasteiger partial charge in [-0.3, -0.25) is 4.79 Å². The van der Waals surface area contributed by atoms with Gasteiger partial charge in [0.1, 0.15) is 5.69 Å². The second-order valence-corrected chi connectivity index (χ2v) is 4.94. The van der Waals surface area contributed by atoms with Crippen LogP contribution in [0.1, 0.15) is 19.5 Å². The first kappa shape index (κ1) is 15.5. The molecule has 3 N–H and O–H groups in total. The SMILES string of the molecule is CC(C)(CN)NC(=O)Cc1noc2ccccc12.Cl. The fourth-order valence-corrected chi connectivity index (χ4v) is 1.69. The highest BCUT2D eigenvalue weighted by Crippen LogP contribution is 2.18. The van der Waals surface area contributed by atoms with Crippen LogP contribution in [0.25, 0.3) is 11.0 Å². The lowest BCUT2D eigenvalue weighted by Crippen LogP contribution is -2.49. The largest absolute Gasteiger partial charge is 0.356 e. The van der Waals surface area contributed by atoms with E-state index in [1.165, 1.54) is 0 Å². The lowest BCUT2D eigenvalue weighted by atomic mass is 10.1. The van der Waals surface area contributed by atoms with E-state index in [-0.39, 0.29) is 24.7 Å². The number of carbonyl (C=O) groups excluding carboxylic acids is 1. The predicted molar refractivity (Wildman–Crippen MR) is 76.2 cm³/mol. The van der Waals surface area contributed by atoms with Gasteiger partial charge in [0.05, 0.1) is 6.42 Å². The van der Waals surface area contributed by atoms with Crippen molar-refractivity contribution in [2.45, 2.75) is 25.8 Å². The Balaban J connectivity index is 0.00000180. The number of halogens is 1. The Labute approximate surface area is 117 Å². The molecule has 1 aromatic carbocycles. The maximum atomic E-state index is 11.9. The summed E-state index contributed by atoms with van der Waals surface area (Å²) < 4.78 is 5.15. The van der Waals surface area contributed by atoms with Gasteiger partial charge < -0.3 is 15.6 Å². The third-order valence-corrected chi connectivity index (χ3v) is 2.77. The van der Waals surface area contributed by atoms with Crippen LogP contribution in [0.5, 0.6) is 0 Å². The summed E-state index contributed by atoms with van der Waals surface area (Å²) in [5.41, 5.74) is 6.51. The van der Waals surface area contributed by atoms with Crippen LogP contribution in [0, 0.1) is 0 Å². The highest BCUT2D eigenvalue weighted by Gasteiger charge is 2.20. The normalized spacial score (nSPS) is 11.1. The number of nitrogens with two attached hydrogens (primary N) is 1. The van der Waals surface area contributed by atoms with E-state index in [1.807, 2.05) is 38.1 Å². The smallest absolute Gasteiger partial charge is 0.226 e. The van der Waals surface area contributed by atoms with Crippen molar-refractivity contribution in [3.63, 3.8) is 0 Å². The van der Waals surface area contributed by atoms with E-state index < -0.39 is 5.54 Å². The minimum atomic E-state index is -0.406. The zero-order valence-electron chi connectivity index (χ0n) is 11.0. The Hall–Kier alpha value is -1.59. The average Bonchev–Trinajstić information content (AvgIpc) is 2.72. The number of amides is 1. The van der Waals surface area contributed by atoms with Crippen LogP contribution in [0.2, 0.25) is 0 Å². The van der Waals surface area contributed by atoms with E-state index in [0.717, 1.165) is 5.39 Å². The fourth-order valence-electron chi connectivity index (χ4n) is 1.69. The number of hydrogen-bond acceptors (Lipinski definition) is 4. The first-order valence-electron chi connectivity index (χ1n) is 5.86. The first-order chi connectivity index (χ1) is 8.52. The molecular weight excluding hydrogens is 266 g/mol. The Bertz CT molecular complexity index is 566. The Morgan fingerprint density at radius 1 is 1.42 bits per heavy atom. The summed E-state index contributed by atoms with van der Waals surface area (Å²) in [6, 6.07) is 7.48. The van der Waals surface area contributed by atoms with Crippen LogP contribution in [-0.2, 0) is 11.2 Å². The van der Waals surface area contributed by atoms with Gasteiger partial charge in [-0.25, -0.2) is 0 Å². The molecule has 19 heavy (non-hydrogen) atoms. The second kappa shape index (κ2) is 6.04. The second-order valence-electron chi connectivity index (χ2n) is 4.94. The van der Waals surface area contributed by atoms with Gasteiger partial charge in [-0.2, -0.15) is 0 Å². The van der Waals surface area contributed by atoms with Gasteiger partial charge >= 0.3 is 0 Å². The lowest BCUT2D eigenvalue weighted by Gasteiger charge is -2.23. The van der Waals surface area contributed by atoms with Crippen molar-refractivity contribution in [2.75, 3.05) is 6.54 Å². The summed E-state index contributed by atoms with van der Waals surface area (Å²) in [5.74, 6) is -0.107. The standard InChI is InChI=1S/C13H17N3O2.ClH/c1-13(2,8-14)15-12(17)7-10-9-5-3-4-6-11(9)18-16-10;/h3-6H,7-8,14H2,1-2H3,(H,15,17);1H. The summed E-state index contributed by atoms with van der Waals surface area (Å²) in [6.07, 6.45) is 0.195. The molecule has 0 saturated carbocycles. The summed E-state index contributed by atoms with van der Waals surface area (Å²) in [6.45, 7) is 4.15. The molecular formula is C13H18ClN3O2. The highest BCUT2D eigenvalue weighted by atomic mass is 35.5. The number of para-hydroxylation sites is 1. The Kier molecular flexibility index (Phi) is 4.91. The highest BCUT2D eigenvalue weighted by molar-refractivity contribution is 5.86. The molecule has 0 aliphatic rings. The molecule has 6 heteroatoms.